The van der Waals surface area contributed by atoms with Crippen LogP contribution in [-0.4, -0.2) is 22.9 Å². The second-order valence-electron chi connectivity index (χ2n) is 2.30. The maximum Gasteiger partial charge on any atom is 0.0745 e. The van der Waals surface area contributed by atoms with Gasteiger partial charge < -0.3 is 10.2 Å². The Kier molecular flexibility index (Phi) is 7.10. The zero-order valence-electron chi connectivity index (χ0n) is 6.90. The van der Waals surface area contributed by atoms with Crippen LogP contribution >= 0.6 is 0 Å². The number of hydrogen-bond acceptors (Lipinski definition) is 2. The molecule has 64 valence electrons. The quantitative estimate of drug-likeness (QED) is 0.588. The smallest absolute Gasteiger partial charge is 0.0745 e. The molecule has 0 rings (SSSR count). The summed E-state index contributed by atoms with van der Waals surface area (Å²) < 4.78 is 0. The van der Waals surface area contributed by atoms with E-state index in [0.29, 0.717) is 6.42 Å². The third-order valence-electron chi connectivity index (χ3n) is 1.24. The molecule has 0 saturated carbocycles. The molecule has 0 aliphatic rings. The van der Waals surface area contributed by atoms with Gasteiger partial charge in [0.2, 0.25) is 0 Å². The summed E-state index contributed by atoms with van der Waals surface area (Å²) in [6.45, 7) is 2.08. The number of aliphatic hydroxyl groups is 2. The molecular weight excluding hydrogens is 140 g/mol. The maximum atomic E-state index is 9.07. The van der Waals surface area contributed by atoms with Crippen molar-refractivity contribution < 1.29 is 10.2 Å². The summed E-state index contributed by atoms with van der Waals surface area (Å²) in [6.07, 6.45) is 8.26. The molecule has 0 radical (unpaired) electrons. The molecule has 0 aliphatic carbocycles. The summed E-state index contributed by atoms with van der Waals surface area (Å²) in [5.74, 6) is 0. The lowest BCUT2D eigenvalue weighted by Crippen LogP contribution is -2.03. The Morgan fingerprint density at radius 1 is 1.36 bits per heavy atom. The predicted octanol–water partition coefficient (Wildman–Crippen LogP) is 1.25. The lowest BCUT2D eigenvalue weighted by atomic mass is 10.2. The monoisotopic (exact) mass is 156 g/mol. The van der Waals surface area contributed by atoms with E-state index >= 15 is 0 Å². The molecule has 0 fully saturated rings. The molecule has 11 heavy (non-hydrogen) atoms. The first-order valence-corrected chi connectivity index (χ1v) is 3.93. The van der Waals surface area contributed by atoms with Crippen LogP contribution in [0.2, 0.25) is 0 Å². The van der Waals surface area contributed by atoms with E-state index in [-0.39, 0.29) is 6.61 Å². The van der Waals surface area contributed by atoms with E-state index in [1.165, 1.54) is 0 Å². The minimum Gasteiger partial charge on any atom is -0.396 e. The van der Waals surface area contributed by atoms with E-state index in [0.717, 1.165) is 6.42 Å². The molecule has 2 N–H and O–H groups in total. The van der Waals surface area contributed by atoms with Crippen LogP contribution in [0.1, 0.15) is 19.8 Å². The van der Waals surface area contributed by atoms with Crippen molar-refractivity contribution >= 4 is 0 Å². The molecule has 0 spiro atoms. The van der Waals surface area contributed by atoms with Crippen LogP contribution in [-0.2, 0) is 0 Å². The Bertz CT molecular complexity index is 128. The molecule has 2 heteroatoms. The fraction of sp³-hybridized carbons (Fsp3) is 0.556. The standard InChI is InChI=1S/C9H16O2/c1-2-3-4-5-6-9(11)7-8-10/h3-6,9-11H,2,7-8H2,1H3/b4-3+,6-5+. The van der Waals surface area contributed by atoms with Gasteiger partial charge in [-0.25, -0.2) is 0 Å². The van der Waals surface area contributed by atoms with Gasteiger partial charge in [-0.05, 0) is 12.8 Å². The molecule has 2 nitrogen and oxygen atoms in total. The van der Waals surface area contributed by atoms with E-state index in [1.54, 1.807) is 12.2 Å². The molecule has 0 amide bonds. The normalized spacial score (nSPS) is 14.8. The Balaban J connectivity index is 3.47. The van der Waals surface area contributed by atoms with Gasteiger partial charge in [-0.3, -0.25) is 0 Å². The molecule has 0 aliphatic heterocycles. The minimum atomic E-state index is -0.512. The highest BCUT2D eigenvalue weighted by Crippen LogP contribution is 1.92. The van der Waals surface area contributed by atoms with Crippen LogP contribution in [0.4, 0.5) is 0 Å². The molecule has 1 unspecified atom stereocenters. The average molecular weight is 156 g/mol. The first-order valence-electron chi connectivity index (χ1n) is 3.93. The number of aliphatic hydroxyl groups excluding tert-OH is 2. The molecule has 0 aromatic heterocycles. The highest BCUT2D eigenvalue weighted by Gasteiger charge is 1.93. The molecule has 0 aromatic rings. The largest absolute Gasteiger partial charge is 0.396 e. The molecule has 0 bridgehead atoms. The van der Waals surface area contributed by atoms with Crippen LogP contribution in [0.25, 0.3) is 0 Å². The van der Waals surface area contributed by atoms with Gasteiger partial charge in [0.05, 0.1) is 6.10 Å². The van der Waals surface area contributed by atoms with Crippen molar-refractivity contribution in [1.29, 1.82) is 0 Å². The van der Waals surface area contributed by atoms with Crippen molar-refractivity contribution in [3.63, 3.8) is 0 Å². The van der Waals surface area contributed by atoms with Gasteiger partial charge in [0.15, 0.2) is 0 Å². The van der Waals surface area contributed by atoms with Crippen LogP contribution in [0.5, 0.6) is 0 Å². The van der Waals surface area contributed by atoms with Crippen molar-refractivity contribution in [2.24, 2.45) is 0 Å². The average Bonchev–Trinajstić information content (AvgIpc) is 1.99. The SMILES string of the molecule is CC/C=C/C=C/C(O)CCO. The second kappa shape index (κ2) is 7.51. The van der Waals surface area contributed by atoms with Gasteiger partial charge in [-0.2, -0.15) is 0 Å². The topological polar surface area (TPSA) is 40.5 Å². The van der Waals surface area contributed by atoms with Crippen LogP contribution in [0.15, 0.2) is 24.3 Å². The number of hydrogen-bond donors (Lipinski definition) is 2. The van der Waals surface area contributed by atoms with Crippen molar-refractivity contribution in [2.75, 3.05) is 6.61 Å². The summed E-state index contributed by atoms with van der Waals surface area (Å²) in [5.41, 5.74) is 0. The minimum absolute atomic E-state index is 0.0308. The van der Waals surface area contributed by atoms with E-state index in [2.05, 4.69) is 6.92 Å². The Morgan fingerprint density at radius 3 is 2.64 bits per heavy atom. The lowest BCUT2D eigenvalue weighted by molar-refractivity contribution is 0.170. The highest BCUT2D eigenvalue weighted by atomic mass is 16.3. The second-order valence-corrected chi connectivity index (χ2v) is 2.30. The van der Waals surface area contributed by atoms with E-state index in [4.69, 9.17) is 10.2 Å². The van der Waals surface area contributed by atoms with E-state index in [9.17, 15) is 0 Å². The van der Waals surface area contributed by atoms with Gasteiger partial charge in [0.25, 0.3) is 0 Å². The first-order chi connectivity index (χ1) is 5.31. The van der Waals surface area contributed by atoms with Gasteiger partial charge >= 0.3 is 0 Å². The van der Waals surface area contributed by atoms with Gasteiger partial charge in [-0.15, -0.1) is 0 Å². The van der Waals surface area contributed by atoms with Gasteiger partial charge in [0, 0.05) is 6.61 Å². The maximum absolute atomic E-state index is 9.07. The Morgan fingerprint density at radius 2 is 2.09 bits per heavy atom. The zero-order valence-corrected chi connectivity index (χ0v) is 6.90. The highest BCUT2D eigenvalue weighted by molar-refractivity contribution is 5.04. The third kappa shape index (κ3) is 7.30. The Labute approximate surface area is 67.9 Å². The summed E-state index contributed by atoms with van der Waals surface area (Å²) in [7, 11) is 0. The summed E-state index contributed by atoms with van der Waals surface area (Å²) >= 11 is 0. The number of rotatable bonds is 5. The number of allylic oxidation sites excluding steroid dienone is 3. The van der Waals surface area contributed by atoms with Gasteiger partial charge in [-0.1, -0.05) is 31.2 Å². The van der Waals surface area contributed by atoms with E-state index < -0.39 is 6.10 Å². The van der Waals surface area contributed by atoms with Crippen LogP contribution in [0, 0.1) is 0 Å². The lowest BCUT2D eigenvalue weighted by Gasteiger charge is -1.99. The van der Waals surface area contributed by atoms with Gasteiger partial charge in [0.1, 0.15) is 0 Å². The van der Waals surface area contributed by atoms with Crippen molar-refractivity contribution in [2.45, 2.75) is 25.9 Å². The Hall–Kier alpha value is -0.600. The van der Waals surface area contributed by atoms with Crippen molar-refractivity contribution in [1.82, 2.24) is 0 Å². The predicted molar refractivity (Wildman–Crippen MR) is 46.3 cm³/mol. The fourth-order valence-electron chi connectivity index (χ4n) is 0.636. The summed E-state index contributed by atoms with van der Waals surface area (Å²) in [5, 5.41) is 17.5. The molecule has 0 heterocycles. The summed E-state index contributed by atoms with van der Waals surface area (Å²) in [4.78, 5) is 0. The molecular formula is C9H16O2. The zero-order chi connectivity index (χ0) is 8.53. The van der Waals surface area contributed by atoms with E-state index in [1.807, 2.05) is 12.2 Å². The van der Waals surface area contributed by atoms with Crippen molar-refractivity contribution in [3.8, 4) is 0 Å². The first kappa shape index (κ1) is 10.4. The molecule has 0 saturated heterocycles. The summed E-state index contributed by atoms with van der Waals surface area (Å²) in [6, 6.07) is 0. The molecule has 1 atom stereocenters. The van der Waals surface area contributed by atoms with Crippen molar-refractivity contribution in [3.05, 3.63) is 24.3 Å². The van der Waals surface area contributed by atoms with Crippen LogP contribution < -0.4 is 0 Å². The fourth-order valence-corrected chi connectivity index (χ4v) is 0.636. The molecule has 0 aromatic carbocycles. The van der Waals surface area contributed by atoms with Crippen LogP contribution in [0.3, 0.4) is 0 Å². The third-order valence-corrected chi connectivity index (χ3v) is 1.24.